The predicted molar refractivity (Wildman–Crippen MR) is 258 cm³/mol. The number of aliphatic hydroxyl groups is 3. The smallest absolute Gasteiger partial charge is 0.326 e. The van der Waals surface area contributed by atoms with Gasteiger partial charge in [-0.05, 0) is 57.9 Å². The van der Waals surface area contributed by atoms with Gasteiger partial charge in [0.05, 0.1) is 37.2 Å². The predicted octanol–water partition coefficient (Wildman–Crippen LogP) is -1.60. The molecule has 2 aliphatic heterocycles. The maximum absolute atomic E-state index is 13.6. The number of aliphatic hydroxyl groups excluding tert-OH is 3. The second-order valence-electron chi connectivity index (χ2n) is 18.5. The number of hydrogen-bond acceptors (Lipinski definition) is 15. The van der Waals surface area contributed by atoms with Crippen LogP contribution in [0.1, 0.15) is 125 Å². The first kappa shape index (κ1) is 61.2. The van der Waals surface area contributed by atoms with Crippen molar-refractivity contribution in [3.8, 4) is 0 Å². The number of thioether (sulfide) groups is 1. The van der Waals surface area contributed by atoms with E-state index in [0.717, 1.165) is 42.3 Å². The third-order valence-corrected chi connectivity index (χ3v) is 13.3. The van der Waals surface area contributed by atoms with Crippen LogP contribution in [0.4, 0.5) is 0 Å². The molecule has 24 heteroatoms. The molecule has 0 bridgehead atoms. The summed E-state index contributed by atoms with van der Waals surface area (Å²) in [6, 6.07) is -6.01. The molecule has 9 atom stereocenters. The summed E-state index contributed by atoms with van der Waals surface area (Å²) in [5.41, 5.74) is 0. The van der Waals surface area contributed by atoms with E-state index < -0.39 is 114 Å². The van der Waals surface area contributed by atoms with E-state index in [-0.39, 0.29) is 75.4 Å². The largest absolute Gasteiger partial charge is 0.480 e. The van der Waals surface area contributed by atoms with Crippen LogP contribution in [0.15, 0.2) is 0 Å². The summed E-state index contributed by atoms with van der Waals surface area (Å²) in [6.07, 6.45) is 4.10. The van der Waals surface area contributed by atoms with Crippen molar-refractivity contribution < 1.29 is 68.4 Å². The van der Waals surface area contributed by atoms with Crippen LogP contribution < -0.4 is 37.2 Å². The van der Waals surface area contributed by atoms with Crippen molar-refractivity contribution in [2.75, 3.05) is 45.1 Å². The second kappa shape index (κ2) is 32.1. The van der Waals surface area contributed by atoms with Gasteiger partial charge in [0.1, 0.15) is 30.2 Å². The monoisotopic (exact) mass is 1010 g/mol. The van der Waals surface area contributed by atoms with Crippen molar-refractivity contribution in [3.05, 3.63) is 0 Å². The number of aliphatic carboxylic acids is 1. The van der Waals surface area contributed by atoms with E-state index in [0.29, 0.717) is 32.2 Å². The number of carboxylic acid groups (broad SMARTS) is 1. The molecule has 23 nitrogen and oxygen atoms in total. The fraction of sp³-hybridized carbons (Fsp3) is 0.783. The summed E-state index contributed by atoms with van der Waals surface area (Å²) >= 11 is 1.02. The van der Waals surface area contributed by atoms with Gasteiger partial charge in [0.25, 0.3) is 0 Å². The van der Waals surface area contributed by atoms with Crippen LogP contribution in [0.25, 0.3) is 0 Å². The summed E-state index contributed by atoms with van der Waals surface area (Å²) in [7, 11) is 0. The molecule has 0 spiro atoms. The Morgan fingerprint density at radius 1 is 0.686 bits per heavy atom. The van der Waals surface area contributed by atoms with Gasteiger partial charge in [0.2, 0.25) is 53.2 Å². The lowest BCUT2D eigenvalue weighted by molar-refractivity contribution is -0.143. The van der Waals surface area contributed by atoms with E-state index in [1.165, 1.54) is 13.8 Å². The number of carbonyl (C=O) groups is 10. The minimum Gasteiger partial charge on any atom is -0.480 e. The van der Waals surface area contributed by atoms with Crippen LogP contribution in [-0.2, 0) is 47.9 Å². The first-order chi connectivity index (χ1) is 33.1. The Kier molecular flexibility index (Phi) is 28.1. The van der Waals surface area contributed by atoms with E-state index in [4.69, 9.17) is 0 Å². The van der Waals surface area contributed by atoms with Gasteiger partial charge in [-0.15, -0.1) is 11.8 Å². The molecule has 398 valence electrons. The Morgan fingerprint density at radius 2 is 1.26 bits per heavy atom. The lowest BCUT2D eigenvalue weighted by Gasteiger charge is -2.39. The summed E-state index contributed by atoms with van der Waals surface area (Å²) in [4.78, 5) is 132. The fourth-order valence-electron chi connectivity index (χ4n) is 7.96. The number of unbranched alkanes of at least 4 members (excludes halogenated alkanes) is 5. The number of nitrogens with one attached hydrogen (secondary N) is 7. The number of piperidine rings is 1. The van der Waals surface area contributed by atoms with Crippen LogP contribution >= 0.6 is 11.8 Å². The molecule has 6 unspecified atom stereocenters. The molecule has 0 aromatic heterocycles. The quantitative estimate of drug-likeness (QED) is 0.0261. The summed E-state index contributed by atoms with van der Waals surface area (Å²) in [5, 5.41) is 56.0. The normalized spacial score (nSPS) is 20.4. The first-order valence-electron chi connectivity index (χ1n) is 24.5. The molecular formula is C46H79N9O14S. The highest BCUT2D eigenvalue weighted by molar-refractivity contribution is 8.00. The van der Waals surface area contributed by atoms with Gasteiger partial charge < -0.3 is 57.6 Å². The Bertz CT molecular complexity index is 1780. The third-order valence-electron chi connectivity index (χ3n) is 12.0. The Balaban J connectivity index is 1.93. The van der Waals surface area contributed by atoms with Crippen molar-refractivity contribution in [2.24, 2.45) is 5.92 Å². The number of nitrogens with zero attached hydrogens (tertiary/aromatic N) is 2. The van der Waals surface area contributed by atoms with Gasteiger partial charge >= 0.3 is 5.97 Å². The van der Waals surface area contributed by atoms with E-state index in [1.54, 1.807) is 0 Å². The summed E-state index contributed by atoms with van der Waals surface area (Å²) in [5.74, 6) is -7.05. The molecule has 2 rings (SSSR count). The van der Waals surface area contributed by atoms with Gasteiger partial charge in [0.15, 0.2) is 0 Å². The first-order valence-corrected chi connectivity index (χ1v) is 25.6. The molecule has 0 aliphatic carbocycles. The average molecular weight is 1010 g/mol. The van der Waals surface area contributed by atoms with Crippen molar-refractivity contribution in [2.45, 2.75) is 179 Å². The van der Waals surface area contributed by atoms with Crippen LogP contribution in [0.3, 0.4) is 0 Å². The molecule has 2 heterocycles. The number of likely N-dealkylation sites (tertiary alicyclic amines) is 2. The molecule has 9 amide bonds. The highest BCUT2D eigenvalue weighted by atomic mass is 32.2. The van der Waals surface area contributed by atoms with E-state index in [1.807, 2.05) is 32.6 Å². The number of carbonyl (C=O) groups excluding carboxylic acids is 9. The SMILES string of the molecule is CCCCCC(NC(=O)C(C)NC(=O)CNC(=O)CNC(=O)C(CCCCC)NC(=O)C(CSC1CC(=O)N(CCCCN2C[C@@H](O)[C@@H](O)C[C@H]2CO)C1=O)NC(C)=O)C(=O)NC(CC(C)C)C(=O)O. The number of β-amino-alcohol motifs (C(OH)–C–C–N with tert-alkyl or cyclic N) is 1. The molecule has 0 radical (unpaired) electrons. The molecule has 2 fully saturated rings. The van der Waals surface area contributed by atoms with Crippen LogP contribution in [-0.4, -0.2) is 188 Å². The molecule has 2 saturated heterocycles. The highest BCUT2D eigenvalue weighted by Gasteiger charge is 2.40. The average Bonchev–Trinajstić information content (AvgIpc) is 3.57. The maximum atomic E-state index is 13.6. The number of rotatable bonds is 33. The lowest BCUT2D eigenvalue weighted by Crippen LogP contribution is -2.56. The molecular weight excluding hydrogens is 935 g/mol. The fourth-order valence-corrected chi connectivity index (χ4v) is 9.15. The number of imide groups is 1. The van der Waals surface area contributed by atoms with Crippen molar-refractivity contribution in [1.29, 1.82) is 0 Å². The van der Waals surface area contributed by atoms with Gasteiger partial charge in [-0.3, -0.25) is 53.0 Å². The molecule has 70 heavy (non-hydrogen) atoms. The zero-order valence-corrected chi connectivity index (χ0v) is 42.4. The minimum atomic E-state index is -1.20. The second-order valence-corrected chi connectivity index (χ2v) is 19.7. The lowest BCUT2D eigenvalue weighted by atomic mass is 9.97. The van der Waals surface area contributed by atoms with Gasteiger partial charge in [-0.2, -0.15) is 0 Å². The zero-order chi connectivity index (χ0) is 52.5. The molecule has 0 aromatic rings. The standard InChI is InChI=1S/C46H79N9O14S/c1-7-9-11-15-31(42(64)48-22-38(60)47-23-39(61)49-28(5)41(63)51-32(16-12-10-8-2)43(65)53-33(46(68)69)19-27(3)4)52-44(66)34(50-29(6)57)26-70-37-21-40(62)55(45(37)67)18-14-13-17-54-24-36(59)35(58)20-30(54)25-56/h27-28,30-37,56,58-59H,7-26H2,1-6H3,(H,47,60)(H,48,64)(H,49,61)(H,50,57)(H,51,63)(H,52,66)(H,53,65)(H,68,69)/t28?,30-,31?,32?,33?,34?,35-,36+,37?/m0/s1. The van der Waals surface area contributed by atoms with Crippen molar-refractivity contribution in [3.63, 3.8) is 0 Å². The van der Waals surface area contributed by atoms with Crippen molar-refractivity contribution in [1.82, 2.24) is 47.0 Å². The number of amides is 9. The van der Waals surface area contributed by atoms with Crippen LogP contribution in [0, 0.1) is 5.92 Å². The molecule has 2 aliphatic rings. The topological polar surface area (TPSA) is 342 Å². The Morgan fingerprint density at radius 3 is 1.84 bits per heavy atom. The van der Waals surface area contributed by atoms with Crippen LogP contribution in [0.5, 0.6) is 0 Å². The molecule has 0 aromatic carbocycles. The van der Waals surface area contributed by atoms with E-state index >= 15 is 0 Å². The summed E-state index contributed by atoms with van der Waals surface area (Å²) < 4.78 is 0. The molecule has 11 N–H and O–H groups in total. The Hall–Kier alpha value is -4.91. The highest BCUT2D eigenvalue weighted by Crippen LogP contribution is 2.27. The third kappa shape index (κ3) is 22.0. The molecule has 0 saturated carbocycles. The zero-order valence-electron chi connectivity index (χ0n) is 41.6. The van der Waals surface area contributed by atoms with E-state index in [9.17, 15) is 68.4 Å². The van der Waals surface area contributed by atoms with Crippen molar-refractivity contribution >= 4 is 70.9 Å². The minimum absolute atomic E-state index is 0.0204. The number of hydrogen-bond donors (Lipinski definition) is 11. The van der Waals surface area contributed by atoms with Crippen LogP contribution in [0.2, 0.25) is 0 Å². The number of carboxylic acids is 1. The maximum Gasteiger partial charge on any atom is 0.326 e. The van der Waals surface area contributed by atoms with E-state index in [2.05, 4.69) is 37.2 Å². The van der Waals surface area contributed by atoms with Gasteiger partial charge in [-0.25, -0.2) is 4.79 Å². The Labute approximate surface area is 414 Å². The van der Waals surface area contributed by atoms with Gasteiger partial charge in [0, 0.05) is 38.2 Å². The van der Waals surface area contributed by atoms with Gasteiger partial charge in [-0.1, -0.05) is 66.2 Å². The summed E-state index contributed by atoms with van der Waals surface area (Å²) in [6.45, 7) is 9.59.